The standard InChI is InChI=1S/C10H11ClFNO2/c1-5-4-6(7(14)2-3-13)9(12)10(15)8(5)11/h4,15H,2-3,13H2,1H3. The van der Waals surface area contributed by atoms with Gasteiger partial charge in [0.1, 0.15) is 0 Å². The van der Waals surface area contributed by atoms with Crippen LogP contribution in [0.15, 0.2) is 6.07 Å². The lowest BCUT2D eigenvalue weighted by molar-refractivity contribution is 0.0980. The summed E-state index contributed by atoms with van der Waals surface area (Å²) in [6.45, 7) is 1.72. The van der Waals surface area contributed by atoms with Crippen molar-refractivity contribution in [2.24, 2.45) is 5.73 Å². The highest BCUT2D eigenvalue weighted by Crippen LogP contribution is 2.32. The summed E-state index contributed by atoms with van der Waals surface area (Å²) in [7, 11) is 0. The lowest BCUT2D eigenvalue weighted by Crippen LogP contribution is -2.10. The molecule has 0 bridgehead atoms. The van der Waals surface area contributed by atoms with Crippen molar-refractivity contribution in [3.8, 4) is 5.75 Å². The molecule has 82 valence electrons. The molecular weight excluding hydrogens is 221 g/mol. The van der Waals surface area contributed by atoms with Crippen molar-refractivity contribution in [3.05, 3.63) is 28.0 Å². The molecule has 0 saturated heterocycles. The van der Waals surface area contributed by atoms with Crippen LogP contribution in [0.25, 0.3) is 0 Å². The predicted octanol–water partition coefficient (Wildman–Crippen LogP) is 2.02. The van der Waals surface area contributed by atoms with Crippen molar-refractivity contribution in [1.29, 1.82) is 0 Å². The van der Waals surface area contributed by atoms with Crippen molar-refractivity contribution in [1.82, 2.24) is 0 Å². The Kier molecular flexibility index (Phi) is 3.66. The monoisotopic (exact) mass is 231 g/mol. The second-order valence-electron chi connectivity index (χ2n) is 3.18. The predicted molar refractivity (Wildman–Crippen MR) is 55.8 cm³/mol. The third kappa shape index (κ3) is 2.27. The van der Waals surface area contributed by atoms with Gasteiger partial charge in [0.2, 0.25) is 0 Å². The SMILES string of the molecule is Cc1cc(C(=O)CCN)c(F)c(O)c1Cl. The molecule has 0 radical (unpaired) electrons. The smallest absolute Gasteiger partial charge is 0.177 e. The number of carbonyl (C=O) groups excluding carboxylic acids is 1. The van der Waals surface area contributed by atoms with Crippen LogP contribution in [0, 0.1) is 12.7 Å². The van der Waals surface area contributed by atoms with Crippen LogP contribution in [0.5, 0.6) is 5.75 Å². The van der Waals surface area contributed by atoms with Gasteiger partial charge in [-0.05, 0) is 25.1 Å². The molecule has 0 atom stereocenters. The van der Waals surface area contributed by atoms with Crippen LogP contribution >= 0.6 is 11.6 Å². The van der Waals surface area contributed by atoms with Crippen LogP contribution < -0.4 is 5.73 Å². The summed E-state index contributed by atoms with van der Waals surface area (Å²) >= 11 is 5.61. The van der Waals surface area contributed by atoms with Crippen molar-refractivity contribution >= 4 is 17.4 Å². The Morgan fingerprint density at radius 1 is 1.67 bits per heavy atom. The fourth-order valence-electron chi connectivity index (χ4n) is 1.22. The lowest BCUT2D eigenvalue weighted by Gasteiger charge is -2.07. The van der Waals surface area contributed by atoms with Crippen LogP contribution in [0.3, 0.4) is 0 Å². The molecule has 0 spiro atoms. The number of phenols is 1. The van der Waals surface area contributed by atoms with Crippen molar-refractivity contribution in [2.75, 3.05) is 6.54 Å². The van der Waals surface area contributed by atoms with Crippen molar-refractivity contribution in [2.45, 2.75) is 13.3 Å². The molecule has 0 aliphatic carbocycles. The van der Waals surface area contributed by atoms with Gasteiger partial charge >= 0.3 is 0 Å². The van der Waals surface area contributed by atoms with Gasteiger partial charge in [0.15, 0.2) is 17.3 Å². The quantitative estimate of drug-likeness (QED) is 0.783. The van der Waals surface area contributed by atoms with E-state index >= 15 is 0 Å². The first-order chi connectivity index (χ1) is 6.99. The molecule has 0 unspecified atom stereocenters. The van der Waals surface area contributed by atoms with Crippen molar-refractivity contribution in [3.63, 3.8) is 0 Å². The van der Waals surface area contributed by atoms with Gasteiger partial charge in [0.25, 0.3) is 0 Å². The molecule has 0 amide bonds. The summed E-state index contributed by atoms with van der Waals surface area (Å²) in [6.07, 6.45) is 0.0391. The van der Waals surface area contributed by atoms with Crippen LogP contribution in [0.4, 0.5) is 4.39 Å². The first kappa shape index (κ1) is 11.9. The van der Waals surface area contributed by atoms with Crippen LogP contribution in [-0.4, -0.2) is 17.4 Å². The van der Waals surface area contributed by atoms with Gasteiger partial charge in [0.05, 0.1) is 10.6 Å². The number of rotatable bonds is 3. The minimum atomic E-state index is -0.982. The summed E-state index contributed by atoms with van der Waals surface area (Å²) in [6, 6.07) is 1.31. The Morgan fingerprint density at radius 2 is 2.27 bits per heavy atom. The average molecular weight is 232 g/mol. The maximum atomic E-state index is 13.4. The summed E-state index contributed by atoms with van der Waals surface area (Å²) in [5.41, 5.74) is 5.48. The molecule has 15 heavy (non-hydrogen) atoms. The van der Waals surface area contributed by atoms with Gasteiger partial charge in [0, 0.05) is 6.42 Å². The van der Waals surface area contributed by atoms with E-state index in [2.05, 4.69) is 0 Å². The average Bonchev–Trinajstić information content (AvgIpc) is 2.20. The second kappa shape index (κ2) is 4.59. The normalized spacial score (nSPS) is 10.4. The zero-order valence-corrected chi connectivity index (χ0v) is 8.94. The summed E-state index contributed by atoms with van der Waals surface area (Å²) in [5.74, 6) is -2.11. The molecule has 0 aliphatic rings. The molecule has 3 nitrogen and oxygen atoms in total. The minimum absolute atomic E-state index is 0.0391. The van der Waals surface area contributed by atoms with Crippen LogP contribution in [-0.2, 0) is 0 Å². The highest BCUT2D eigenvalue weighted by Gasteiger charge is 2.18. The van der Waals surface area contributed by atoms with E-state index in [0.29, 0.717) is 5.56 Å². The summed E-state index contributed by atoms with van der Waals surface area (Å²) in [5, 5.41) is 9.22. The molecule has 1 aromatic rings. The molecule has 0 heterocycles. The molecule has 5 heteroatoms. The molecule has 0 aromatic heterocycles. The Labute approximate surface area is 91.7 Å². The van der Waals surface area contributed by atoms with Crippen molar-refractivity contribution < 1.29 is 14.3 Å². The van der Waals surface area contributed by atoms with E-state index in [0.717, 1.165) is 0 Å². The van der Waals surface area contributed by atoms with Gasteiger partial charge in [-0.3, -0.25) is 4.79 Å². The number of carbonyl (C=O) groups is 1. The number of hydrogen-bond donors (Lipinski definition) is 2. The second-order valence-corrected chi connectivity index (χ2v) is 3.56. The first-order valence-corrected chi connectivity index (χ1v) is 4.77. The number of halogens is 2. The van der Waals surface area contributed by atoms with Crippen LogP contribution in [0.1, 0.15) is 22.3 Å². The fourth-order valence-corrected chi connectivity index (χ4v) is 1.36. The Morgan fingerprint density at radius 3 is 2.80 bits per heavy atom. The van der Waals surface area contributed by atoms with E-state index < -0.39 is 17.3 Å². The highest BCUT2D eigenvalue weighted by molar-refractivity contribution is 6.33. The van der Waals surface area contributed by atoms with Crippen LogP contribution in [0.2, 0.25) is 5.02 Å². The number of aryl methyl sites for hydroxylation is 1. The Bertz CT molecular complexity index is 407. The maximum absolute atomic E-state index is 13.4. The zero-order chi connectivity index (χ0) is 11.6. The van der Waals surface area contributed by atoms with E-state index in [1.165, 1.54) is 6.07 Å². The molecule has 0 saturated carbocycles. The largest absolute Gasteiger partial charge is 0.504 e. The topological polar surface area (TPSA) is 63.3 Å². The Hall–Kier alpha value is -1.13. The third-order valence-electron chi connectivity index (χ3n) is 2.03. The van der Waals surface area contributed by atoms with E-state index in [1.54, 1.807) is 6.92 Å². The maximum Gasteiger partial charge on any atom is 0.177 e. The summed E-state index contributed by atoms with van der Waals surface area (Å²) < 4.78 is 13.4. The number of ketones is 1. The van der Waals surface area contributed by atoms with E-state index in [4.69, 9.17) is 17.3 Å². The molecule has 0 fully saturated rings. The van der Waals surface area contributed by atoms with E-state index in [1.807, 2.05) is 0 Å². The van der Waals surface area contributed by atoms with Gasteiger partial charge in [-0.2, -0.15) is 0 Å². The number of phenolic OH excluding ortho intramolecular Hbond substituents is 1. The molecule has 3 N–H and O–H groups in total. The van der Waals surface area contributed by atoms with E-state index in [9.17, 15) is 14.3 Å². The third-order valence-corrected chi connectivity index (χ3v) is 2.51. The molecule has 0 aliphatic heterocycles. The van der Waals surface area contributed by atoms with E-state index in [-0.39, 0.29) is 23.6 Å². The number of benzene rings is 1. The summed E-state index contributed by atoms with van der Waals surface area (Å²) in [4.78, 5) is 11.4. The lowest BCUT2D eigenvalue weighted by atomic mass is 10.0. The molecule has 1 rings (SSSR count). The van der Waals surface area contributed by atoms with Gasteiger partial charge in [-0.1, -0.05) is 11.6 Å². The number of aromatic hydroxyl groups is 1. The number of hydrogen-bond acceptors (Lipinski definition) is 3. The minimum Gasteiger partial charge on any atom is -0.504 e. The molecule has 1 aromatic carbocycles. The van der Waals surface area contributed by atoms with Gasteiger partial charge in [-0.15, -0.1) is 0 Å². The van der Waals surface area contributed by atoms with Gasteiger partial charge in [-0.25, -0.2) is 4.39 Å². The number of nitrogens with two attached hydrogens (primary N) is 1. The zero-order valence-electron chi connectivity index (χ0n) is 8.18. The fraction of sp³-hybridized carbons (Fsp3) is 0.300. The number of Topliss-reactive ketones (excluding diaryl/α,β-unsaturated/α-hetero) is 1. The first-order valence-electron chi connectivity index (χ1n) is 4.39. The van der Waals surface area contributed by atoms with Gasteiger partial charge < -0.3 is 10.8 Å². The molecular formula is C10H11ClFNO2. The Balaban J connectivity index is 3.26. The highest BCUT2D eigenvalue weighted by atomic mass is 35.5.